The third-order valence-corrected chi connectivity index (χ3v) is 5.19. The lowest BCUT2D eigenvalue weighted by Crippen LogP contribution is -2.63. The summed E-state index contributed by atoms with van der Waals surface area (Å²) in [7, 11) is -5.77. The number of hydrogen-bond donors (Lipinski definition) is 1. The molecule has 0 bridgehead atoms. The highest BCUT2D eigenvalue weighted by Crippen LogP contribution is 2.47. The van der Waals surface area contributed by atoms with Crippen LogP contribution in [0.3, 0.4) is 0 Å². The minimum Gasteiger partial charge on any atom is -0.438 e. The highest BCUT2D eigenvalue weighted by Gasteiger charge is 2.75. The van der Waals surface area contributed by atoms with Crippen molar-refractivity contribution in [2.75, 3.05) is 5.75 Å². The normalized spacial score (nSPS) is 15.0. The van der Waals surface area contributed by atoms with Crippen LogP contribution < -0.4 is 0 Å². The van der Waals surface area contributed by atoms with E-state index < -0.39 is 46.2 Å². The quantitative estimate of drug-likeness (QED) is 0.278. The SMILES string of the molecule is CCCCC(CCCC(=O)OC(CS(=O)(=O)O)(C(F)(F)F)C(F)(F)F)C(C)C. The van der Waals surface area contributed by atoms with E-state index in [1.54, 1.807) is 0 Å². The van der Waals surface area contributed by atoms with Gasteiger partial charge in [0.05, 0.1) is 0 Å². The first-order chi connectivity index (χ1) is 12.5. The molecule has 5 nitrogen and oxygen atoms in total. The summed E-state index contributed by atoms with van der Waals surface area (Å²) in [6.45, 7) is 5.81. The first-order valence-electron chi connectivity index (χ1n) is 8.77. The number of alkyl halides is 6. The lowest BCUT2D eigenvalue weighted by Gasteiger charge is -2.35. The Kier molecular flexibility index (Phi) is 9.75. The Bertz CT molecular complexity index is 584. The smallest absolute Gasteiger partial charge is 0.438 e. The number of hydrogen-bond acceptors (Lipinski definition) is 4. The molecule has 0 aromatic rings. The van der Waals surface area contributed by atoms with Gasteiger partial charge in [0, 0.05) is 6.42 Å². The van der Waals surface area contributed by atoms with Crippen molar-refractivity contribution in [3.8, 4) is 0 Å². The first kappa shape index (κ1) is 27.0. The van der Waals surface area contributed by atoms with E-state index in [1.165, 1.54) is 0 Å². The molecule has 0 aromatic carbocycles. The molecule has 0 aliphatic carbocycles. The molecule has 0 heterocycles. The van der Waals surface area contributed by atoms with Crippen LogP contribution in [0.1, 0.15) is 59.3 Å². The number of carbonyl (C=O) groups excluding carboxylic acids is 1. The number of unbranched alkanes of at least 4 members (excludes halogenated alkanes) is 1. The van der Waals surface area contributed by atoms with Gasteiger partial charge >= 0.3 is 23.9 Å². The summed E-state index contributed by atoms with van der Waals surface area (Å²) >= 11 is 0. The van der Waals surface area contributed by atoms with E-state index in [2.05, 4.69) is 4.74 Å². The van der Waals surface area contributed by atoms with E-state index in [0.717, 1.165) is 19.3 Å². The maximum Gasteiger partial charge on any atom is 0.438 e. The van der Waals surface area contributed by atoms with Crippen LogP contribution in [0.25, 0.3) is 0 Å². The molecule has 0 aliphatic heterocycles. The number of carbonyl (C=O) groups is 1. The monoisotopic (exact) mass is 444 g/mol. The van der Waals surface area contributed by atoms with Crippen LogP contribution in [0, 0.1) is 11.8 Å². The predicted octanol–water partition coefficient (Wildman–Crippen LogP) is 4.91. The van der Waals surface area contributed by atoms with Gasteiger partial charge in [0.1, 0.15) is 5.75 Å². The summed E-state index contributed by atoms with van der Waals surface area (Å²) in [4.78, 5) is 11.7. The van der Waals surface area contributed by atoms with Crippen LogP contribution in [0.5, 0.6) is 0 Å². The Morgan fingerprint density at radius 2 is 1.46 bits per heavy atom. The summed E-state index contributed by atoms with van der Waals surface area (Å²) in [6, 6.07) is 0. The number of rotatable bonds is 11. The summed E-state index contributed by atoms with van der Waals surface area (Å²) in [5, 5.41) is 0. The largest absolute Gasteiger partial charge is 0.438 e. The second-order valence-corrected chi connectivity index (χ2v) is 8.51. The summed E-state index contributed by atoms with van der Waals surface area (Å²) < 4.78 is 112. The van der Waals surface area contributed by atoms with Crippen LogP contribution in [0.15, 0.2) is 0 Å². The van der Waals surface area contributed by atoms with Gasteiger partial charge in [-0.05, 0) is 24.7 Å². The van der Waals surface area contributed by atoms with E-state index in [0.29, 0.717) is 6.42 Å². The summed E-state index contributed by atoms with van der Waals surface area (Å²) in [5.41, 5.74) is -5.33. The Morgan fingerprint density at radius 3 is 1.82 bits per heavy atom. The molecule has 1 N–H and O–H groups in total. The molecule has 0 radical (unpaired) electrons. The summed E-state index contributed by atoms with van der Waals surface area (Å²) in [6.07, 6.45) is -10.3. The van der Waals surface area contributed by atoms with Crippen molar-refractivity contribution in [3.05, 3.63) is 0 Å². The second-order valence-electron chi connectivity index (χ2n) is 7.06. The lowest BCUT2D eigenvalue weighted by atomic mass is 9.86. The molecule has 168 valence electrons. The van der Waals surface area contributed by atoms with Gasteiger partial charge in [0.15, 0.2) is 0 Å². The highest BCUT2D eigenvalue weighted by molar-refractivity contribution is 7.85. The standard InChI is InChI=1S/C16H26F6O5S/c1-4-5-7-12(11(2)3)8-6-9-13(23)27-14(15(17,18)19,16(20,21)22)10-28(24,25)26/h11-12H,4-10H2,1-3H3,(H,24,25,26). The molecule has 0 saturated heterocycles. The van der Waals surface area contributed by atoms with E-state index in [4.69, 9.17) is 4.55 Å². The van der Waals surface area contributed by atoms with Gasteiger partial charge in [-0.1, -0.05) is 40.0 Å². The van der Waals surface area contributed by atoms with Gasteiger partial charge in [-0.3, -0.25) is 9.35 Å². The van der Waals surface area contributed by atoms with Gasteiger partial charge in [0.2, 0.25) is 0 Å². The van der Waals surface area contributed by atoms with Gasteiger partial charge in [-0.25, -0.2) is 0 Å². The minimum atomic E-state index is -6.29. The van der Waals surface area contributed by atoms with Crippen molar-refractivity contribution >= 4 is 16.1 Å². The van der Waals surface area contributed by atoms with E-state index in [-0.39, 0.29) is 18.3 Å². The van der Waals surface area contributed by atoms with Crippen molar-refractivity contribution in [2.45, 2.75) is 77.2 Å². The maximum absolute atomic E-state index is 13.1. The zero-order chi connectivity index (χ0) is 22.4. The fraction of sp³-hybridized carbons (Fsp3) is 0.938. The van der Waals surface area contributed by atoms with E-state index in [1.807, 2.05) is 20.8 Å². The molecule has 0 aromatic heterocycles. The Hall–Kier alpha value is -1.04. The van der Waals surface area contributed by atoms with Crippen molar-refractivity contribution < 1.29 is 48.8 Å². The average molecular weight is 444 g/mol. The van der Waals surface area contributed by atoms with Gasteiger partial charge in [-0.2, -0.15) is 34.8 Å². The number of ether oxygens (including phenoxy) is 1. The van der Waals surface area contributed by atoms with E-state index in [9.17, 15) is 39.6 Å². The number of esters is 1. The first-order valence-corrected chi connectivity index (χ1v) is 10.4. The van der Waals surface area contributed by atoms with E-state index >= 15 is 0 Å². The van der Waals surface area contributed by atoms with Crippen molar-refractivity contribution in [1.82, 2.24) is 0 Å². The third-order valence-electron chi connectivity index (χ3n) is 4.42. The Labute approximate surface area is 160 Å². The molecule has 0 aliphatic rings. The minimum absolute atomic E-state index is 0.0108. The van der Waals surface area contributed by atoms with Gasteiger partial charge in [0.25, 0.3) is 10.1 Å². The maximum atomic E-state index is 13.1. The average Bonchev–Trinajstić information content (AvgIpc) is 2.45. The molecule has 0 fully saturated rings. The van der Waals surface area contributed by atoms with Crippen LogP contribution in [-0.4, -0.2) is 42.6 Å². The predicted molar refractivity (Wildman–Crippen MR) is 89.1 cm³/mol. The fourth-order valence-electron chi connectivity index (χ4n) is 2.76. The van der Waals surface area contributed by atoms with Gasteiger partial charge in [-0.15, -0.1) is 0 Å². The molecule has 0 saturated carbocycles. The topological polar surface area (TPSA) is 80.7 Å². The highest BCUT2D eigenvalue weighted by atomic mass is 32.2. The molecule has 0 amide bonds. The zero-order valence-corrected chi connectivity index (χ0v) is 16.7. The number of halogens is 6. The molecule has 1 atom stereocenters. The molecule has 1 unspecified atom stereocenters. The summed E-state index contributed by atoms with van der Waals surface area (Å²) in [5.74, 6) is -4.34. The van der Waals surface area contributed by atoms with Crippen molar-refractivity contribution in [3.63, 3.8) is 0 Å². The van der Waals surface area contributed by atoms with Crippen LogP contribution >= 0.6 is 0 Å². The molecule has 0 rings (SSSR count). The molecular weight excluding hydrogens is 418 g/mol. The van der Waals surface area contributed by atoms with Crippen LogP contribution in [-0.2, 0) is 19.6 Å². The van der Waals surface area contributed by atoms with Gasteiger partial charge < -0.3 is 4.74 Å². The Morgan fingerprint density at radius 1 is 1.00 bits per heavy atom. The third kappa shape index (κ3) is 8.14. The molecule has 12 heteroatoms. The molecule has 28 heavy (non-hydrogen) atoms. The lowest BCUT2D eigenvalue weighted by molar-refractivity contribution is -0.361. The van der Waals surface area contributed by atoms with Crippen LogP contribution in [0.4, 0.5) is 26.3 Å². The Balaban J connectivity index is 5.32. The fourth-order valence-corrected chi connectivity index (χ4v) is 3.66. The zero-order valence-electron chi connectivity index (χ0n) is 15.9. The second kappa shape index (κ2) is 10.1. The van der Waals surface area contributed by atoms with Crippen molar-refractivity contribution in [1.29, 1.82) is 0 Å². The van der Waals surface area contributed by atoms with Crippen molar-refractivity contribution in [2.24, 2.45) is 11.8 Å². The molecule has 0 spiro atoms. The van der Waals surface area contributed by atoms with Crippen LogP contribution in [0.2, 0.25) is 0 Å². The molecular formula is C16H26F6O5S.